The van der Waals surface area contributed by atoms with Crippen LogP contribution in [0.2, 0.25) is 0 Å². The minimum atomic E-state index is -2.92. The fourth-order valence-electron chi connectivity index (χ4n) is 1.73. The van der Waals surface area contributed by atoms with Crippen LogP contribution < -0.4 is 11.1 Å². The Bertz CT molecular complexity index is 544. The van der Waals surface area contributed by atoms with Crippen LogP contribution in [0.1, 0.15) is 12.1 Å². The van der Waals surface area contributed by atoms with E-state index in [-0.39, 0.29) is 22.5 Å². The van der Waals surface area contributed by atoms with Gasteiger partial charge in [-0.05, 0) is 6.42 Å². The number of nitrogens with one attached hydrogen (secondary N) is 1. The number of rotatable bonds is 3. The van der Waals surface area contributed by atoms with Crippen LogP contribution in [0.25, 0.3) is 0 Å². The van der Waals surface area contributed by atoms with Crippen molar-refractivity contribution in [3.05, 3.63) is 18.1 Å². The van der Waals surface area contributed by atoms with Gasteiger partial charge < -0.3 is 11.1 Å². The monoisotopic (exact) mass is 272 g/mol. The van der Waals surface area contributed by atoms with Crippen LogP contribution >= 0.6 is 12.2 Å². The number of hydrogen-bond acceptors (Lipinski definition) is 6. The van der Waals surface area contributed by atoms with E-state index in [1.165, 1.54) is 12.4 Å². The fraction of sp³-hybridized carbons (Fsp3) is 0.444. The highest BCUT2D eigenvalue weighted by molar-refractivity contribution is 7.91. The number of nitrogens with zero attached hydrogens (tertiary/aromatic N) is 2. The van der Waals surface area contributed by atoms with E-state index in [0.717, 1.165) is 0 Å². The van der Waals surface area contributed by atoms with Gasteiger partial charge in [0.2, 0.25) is 0 Å². The van der Waals surface area contributed by atoms with Crippen LogP contribution in [0.4, 0.5) is 5.82 Å². The molecule has 0 spiro atoms. The van der Waals surface area contributed by atoms with Gasteiger partial charge in [-0.15, -0.1) is 0 Å². The molecular formula is C9H12N4O2S2. The first kappa shape index (κ1) is 12.2. The van der Waals surface area contributed by atoms with Crippen molar-refractivity contribution in [1.29, 1.82) is 0 Å². The molecule has 3 N–H and O–H groups in total. The summed E-state index contributed by atoms with van der Waals surface area (Å²) in [7, 11) is -2.92. The van der Waals surface area contributed by atoms with E-state index in [2.05, 4.69) is 15.3 Å². The van der Waals surface area contributed by atoms with Crippen molar-refractivity contribution in [3.63, 3.8) is 0 Å². The molecule has 2 heterocycles. The lowest BCUT2D eigenvalue weighted by Gasteiger charge is -2.13. The summed E-state index contributed by atoms with van der Waals surface area (Å²) in [5.74, 6) is 0.760. The lowest BCUT2D eigenvalue weighted by molar-refractivity contribution is 0.602. The van der Waals surface area contributed by atoms with Gasteiger partial charge >= 0.3 is 0 Å². The first-order chi connectivity index (χ1) is 7.98. The quantitative estimate of drug-likeness (QED) is 0.729. The van der Waals surface area contributed by atoms with Crippen LogP contribution in [0.15, 0.2) is 12.4 Å². The zero-order chi connectivity index (χ0) is 12.5. The van der Waals surface area contributed by atoms with E-state index in [4.69, 9.17) is 18.0 Å². The van der Waals surface area contributed by atoms with Gasteiger partial charge in [0.25, 0.3) is 0 Å². The van der Waals surface area contributed by atoms with Crippen molar-refractivity contribution in [3.8, 4) is 0 Å². The predicted molar refractivity (Wildman–Crippen MR) is 68.6 cm³/mol. The van der Waals surface area contributed by atoms with E-state index in [1.54, 1.807) is 0 Å². The first-order valence-corrected chi connectivity index (χ1v) is 7.29. The molecule has 1 saturated heterocycles. The Morgan fingerprint density at radius 1 is 1.47 bits per heavy atom. The lowest BCUT2D eigenvalue weighted by Crippen LogP contribution is -2.24. The molecule has 1 aliphatic heterocycles. The van der Waals surface area contributed by atoms with Gasteiger partial charge in [-0.2, -0.15) is 0 Å². The third-order valence-corrected chi connectivity index (χ3v) is 4.47. The number of anilines is 1. The largest absolute Gasteiger partial charge is 0.388 e. The third-order valence-electron chi connectivity index (χ3n) is 2.50. The zero-order valence-corrected chi connectivity index (χ0v) is 10.6. The second-order valence-electron chi connectivity index (χ2n) is 3.86. The summed E-state index contributed by atoms with van der Waals surface area (Å²) in [6.45, 7) is 0. The highest BCUT2D eigenvalue weighted by atomic mass is 32.2. The van der Waals surface area contributed by atoms with Crippen molar-refractivity contribution < 1.29 is 8.42 Å². The van der Waals surface area contributed by atoms with Crippen molar-refractivity contribution in [1.82, 2.24) is 9.97 Å². The maximum absolute atomic E-state index is 11.3. The molecular weight excluding hydrogens is 260 g/mol. The topological polar surface area (TPSA) is 98.0 Å². The minimum absolute atomic E-state index is 0.111. The van der Waals surface area contributed by atoms with Gasteiger partial charge in [-0.1, -0.05) is 12.2 Å². The van der Waals surface area contributed by atoms with Crippen molar-refractivity contribution in [2.45, 2.75) is 12.5 Å². The lowest BCUT2D eigenvalue weighted by atomic mass is 10.2. The minimum Gasteiger partial charge on any atom is -0.388 e. The summed E-state index contributed by atoms with van der Waals surface area (Å²) < 4.78 is 22.6. The molecule has 1 aromatic rings. The predicted octanol–water partition coefficient (Wildman–Crippen LogP) is -0.290. The molecule has 92 valence electrons. The third kappa shape index (κ3) is 2.89. The SMILES string of the molecule is NC(=S)c1nccnc1NC1CCS(=O)(=O)C1. The van der Waals surface area contributed by atoms with E-state index >= 15 is 0 Å². The second-order valence-corrected chi connectivity index (χ2v) is 6.53. The molecule has 0 amide bonds. The molecule has 0 radical (unpaired) electrons. The van der Waals surface area contributed by atoms with Crippen LogP contribution in [-0.4, -0.2) is 40.9 Å². The molecule has 0 bridgehead atoms. The van der Waals surface area contributed by atoms with Crippen LogP contribution in [0.3, 0.4) is 0 Å². The molecule has 8 heteroatoms. The van der Waals surface area contributed by atoms with Crippen molar-refractivity contribution in [2.24, 2.45) is 5.73 Å². The molecule has 1 aromatic heterocycles. The number of sulfone groups is 1. The van der Waals surface area contributed by atoms with E-state index in [0.29, 0.717) is 17.9 Å². The van der Waals surface area contributed by atoms with Gasteiger partial charge in [0, 0.05) is 18.4 Å². The molecule has 0 aromatic carbocycles. The smallest absolute Gasteiger partial charge is 0.155 e. The molecule has 0 aliphatic carbocycles. The Labute approximate surface area is 105 Å². The summed E-state index contributed by atoms with van der Waals surface area (Å²) >= 11 is 4.85. The average molecular weight is 272 g/mol. The summed E-state index contributed by atoms with van der Waals surface area (Å²) in [4.78, 5) is 8.23. The molecule has 1 aliphatic rings. The van der Waals surface area contributed by atoms with Crippen LogP contribution in [0, 0.1) is 0 Å². The summed E-state index contributed by atoms with van der Waals surface area (Å²) in [6, 6.07) is -0.148. The van der Waals surface area contributed by atoms with Crippen molar-refractivity contribution in [2.75, 3.05) is 16.8 Å². The van der Waals surface area contributed by atoms with Gasteiger partial charge in [0.15, 0.2) is 15.7 Å². The molecule has 0 saturated carbocycles. The Hall–Kier alpha value is -1.28. The zero-order valence-electron chi connectivity index (χ0n) is 8.96. The van der Waals surface area contributed by atoms with Gasteiger partial charge in [0.1, 0.15) is 10.7 Å². The molecule has 2 rings (SSSR count). The molecule has 1 fully saturated rings. The summed E-state index contributed by atoms with van der Waals surface area (Å²) in [5.41, 5.74) is 5.91. The molecule has 1 unspecified atom stereocenters. The number of thiocarbonyl (C=S) groups is 1. The average Bonchev–Trinajstić information content (AvgIpc) is 2.58. The van der Waals surface area contributed by atoms with E-state index < -0.39 is 9.84 Å². The number of nitrogens with two attached hydrogens (primary N) is 1. The Morgan fingerprint density at radius 3 is 2.76 bits per heavy atom. The van der Waals surface area contributed by atoms with Gasteiger partial charge in [-0.3, -0.25) is 0 Å². The molecule has 6 nitrogen and oxygen atoms in total. The number of hydrogen-bond donors (Lipinski definition) is 2. The summed E-state index contributed by atoms with van der Waals surface area (Å²) in [5, 5.41) is 3.03. The molecule has 17 heavy (non-hydrogen) atoms. The Morgan fingerprint density at radius 2 is 2.18 bits per heavy atom. The maximum atomic E-state index is 11.3. The van der Waals surface area contributed by atoms with Gasteiger partial charge in [-0.25, -0.2) is 18.4 Å². The first-order valence-electron chi connectivity index (χ1n) is 5.06. The molecule has 1 atom stereocenters. The Kier molecular flexibility index (Phi) is 3.25. The van der Waals surface area contributed by atoms with E-state index in [1.807, 2.05) is 0 Å². The highest BCUT2D eigenvalue weighted by Gasteiger charge is 2.28. The van der Waals surface area contributed by atoms with Crippen LogP contribution in [-0.2, 0) is 9.84 Å². The normalized spacial score (nSPS) is 22.2. The number of aromatic nitrogens is 2. The highest BCUT2D eigenvalue weighted by Crippen LogP contribution is 2.17. The maximum Gasteiger partial charge on any atom is 0.155 e. The standard InChI is InChI=1S/C9H12N4O2S2/c10-8(16)7-9(12-3-2-11-7)13-6-1-4-17(14,15)5-6/h2-3,6H,1,4-5H2,(H2,10,16)(H,12,13). The fourth-order valence-corrected chi connectivity index (χ4v) is 3.55. The van der Waals surface area contributed by atoms with E-state index in [9.17, 15) is 8.42 Å². The van der Waals surface area contributed by atoms with Crippen molar-refractivity contribution >= 4 is 32.9 Å². The van der Waals surface area contributed by atoms with Gasteiger partial charge in [0.05, 0.1) is 11.5 Å². The second kappa shape index (κ2) is 4.53. The summed E-state index contributed by atoms with van der Waals surface area (Å²) in [6.07, 6.45) is 3.56. The Balaban J connectivity index is 2.17. The van der Waals surface area contributed by atoms with Crippen LogP contribution in [0.5, 0.6) is 0 Å².